The van der Waals surface area contributed by atoms with E-state index in [1.165, 1.54) is 6.33 Å². The number of amides is 2. The molecule has 10 nitrogen and oxygen atoms in total. The minimum Gasteiger partial charge on any atom is -0.345 e. The molecule has 35 heavy (non-hydrogen) atoms. The molecule has 0 aliphatic carbocycles. The number of rotatable bonds is 4. The average Bonchev–Trinajstić information content (AvgIpc) is 3.36. The Morgan fingerprint density at radius 2 is 1.89 bits per heavy atom. The van der Waals surface area contributed by atoms with Crippen molar-refractivity contribution in [1.82, 2.24) is 35.1 Å². The molecule has 2 amide bonds. The van der Waals surface area contributed by atoms with Gasteiger partial charge in [0.25, 0.3) is 5.91 Å². The van der Waals surface area contributed by atoms with Crippen LogP contribution in [0.3, 0.4) is 0 Å². The number of nitrogens with one attached hydrogen (secondary N) is 2. The lowest BCUT2D eigenvalue weighted by atomic mass is 9.74. The molecule has 1 aromatic carbocycles. The Kier molecular flexibility index (Phi) is 5.03. The zero-order valence-electron chi connectivity index (χ0n) is 19.2. The van der Waals surface area contributed by atoms with Gasteiger partial charge in [0.15, 0.2) is 17.0 Å². The average molecular weight is 469 g/mol. The molecule has 1 fully saturated rings. The Hall–Kier alpha value is -4.18. The SMILES string of the molecule is Cn1c(C(=O)NCc2ccncc2)nc2c(N3C(=O)C4(CCNCC4)c4ccccc43)ncnc21. The molecule has 2 N–H and O–H groups in total. The summed E-state index contributed by atoms with van der Waals surface area (Å²) in [6, 6.07) is 11.6. The zero-order valence-corrected chi connectivity index (χ0v) is 19.2. The number of aryl methyl sites for hydroxylation is 1. The van der Waals surface area contributed by atoms with Crippen molar-refractivity contribution in [2.75, 3.05) is 18.0 Å². The van der Waals surface area contributed by atoms with Gasteiger partial charge in [0.05, 0.1) is 11.1 Å². The Balaban J connectivity index is 1.40. The summed E-state index contributed by atoms with van der Waals surface area (Å²) in [6.45, 7) is 1.90. The van der Waals surface area contributed by atoms with Crippen molar-refractivity contribution in [1.29, 1.82) is 0 Å². The smallest absolute Gasteiger partial charge is 0.287 e. The molecule has 2 aliphatic heterocycles. The first-order chi connectivity index (χ1) is 17.1. The minimum atomic E-state index is -0.585. The lowest BCUT2D eigenvalue weighted by molar-refractivity contribution is -0.123. The van der Waals surface area contributed by atoms with Gasteiger partial charge in [-0.2, -0.15) is 0 Å². The molecule has 6 rings (SSSR count). The molecule has 5 heterocycles. The summed E-state index contributed by atoms with van der Waals surface area (Å²) in [5.41, 5.74) is 3.08. The van der Waals surface area contributed by atoms with Crippen LogP contribution in [-0.2, 0) is 23.8 Å². The molecule has 0 radical (unpaired) electrons. The summed E-state index contributed by atoms with van der Waals surface area (Å²) in [5, 5.41) is 6.25. The summed E-state index contributed by atoms with van der Waals surface area (Å²) in [7, 11) is 1.74. The van der Waals surface area contributed by atoms with Crippen molar-refractivity contribution in [2.24, 2.45) is 7.05 Å². The highest BCUT2D eigenvalue weighted by Crippen LogP contribution is 2.50. The highest BCUT2D eigenvalue weighted by atomic mass is 16.2. The molecule has 0 bridgehead atoms. The molecule has 3 aromatic heterocycles. The van der Waals surface area contributed by atoms with Crippen LogP contribution in [0.5, 0.6) is 0 Å². The van der Waals surface area contributed by atoms with Crippen LogP contribution in [0, 0.1) is 0 Å². The first kappa shape index (κ1) is 21.4. The number of imidazole rings is 1. The van der Waals surface area contributed by atoms with E-state index >= 15 is 0 Å². The van der Waals surface area contributed by atoms with E-state index in [1.807, 2.05) is 36.4 Å². The molecule has 2 aliphatic rings. The van der Waals surface area contributed by atoms with Gasteiger partial charge in [0, 0.05) is 26.0 Å². The molecule has 1 saturated heterocycles. The second-order valence-electron chi connectivity index (χ2n) is 8.89. The number of benzene rings is 1. The minimum absolute atomic E-state index is 0.00505. The Morgan fingerprint density at radius 3 is 2.69 bits per heavy atom. The molecule has 176 valence electrons. The van der Waals surface area contributed by atoms with E-state index in [0.717, 1.165) is 42.7 Å². The summed E-state index contributed by atoms with van der Waals surface area (Å²) in [4.78, 5) is 46.1. The third-order valence-electron chi connectivity index (χ3n) is 6.98. The number of piperidine rings is 1. The fraction of sp³-hybridized carbons (Fsp3) is 0.280. The van der Waals surface area contributed by atoms with Crippen molar-refractivity contribution < 1.29 is 9.59 Å². The monoisotopic (exact) mass is 468 g/mol. The van der Waals surface area contributed by atoms with E-state index in [4.69, 9.17) is 0 Å². The Labute approximate surface area is 201 Å². The van der Waals surface area contributed by atoms with Gasteiger partial charge in [-0.1, -0.05) is 18.2 Å². The van der Waals surface area contributed by atoms with Gasteiger partial charge >= 0.3 is 0 Å². The van der Waals surface area contributed by atoms with E-state index < -0.39 is 5.41 Å². The second-order valence-corrected chi connectivity index (χ2v) is 8.89. The molecule has 0 unspecified atom stereocenters. The first-order valence-corrected chi connectivity index (χ1v) is 11.6. The van der Waals surface area contributed by atoms with Gasteiger partial charge in [0.1, 0.15) is 6.33 Å². The van der Waals surface area contributed by atoms with Crippen LogP contribution >= 0.6 is 0 Å². The van der Waals surface area contributed by atoms with Gasteiger partial charge in [-0.05, 0) is 55.3 Å². The van der Waals surface area contributed by atoms with E-state index in [9.17, 15) is 9.59 Å². The lowest BCUT2D eigenvalue weighted by Crippen LogP contribution is -2.46. The molecular weight excluding hydrogens is 444 g/mol. The van der Waals surface area contributed by atoms with Crippen LogP contribution in [0.1, 0.15) is 34.6 Å². The fourth-order valence-corrected chi connectivity index (χ4v) is 5.17. The second kappa shape index (κ2) is 8.24. The number of pyridine rings is 1. The highest BCUT2D eigenvalue weighted by molar-refractivity contribution is 6.15. The molecule has 0 saturated carbocycles. The van der Waals surface area contributed by atoms with Gasteiger partial charge in [-0.15, -0.1) is 0 Å². The number of para-hydroxylation sites is 1. The summed E-state index contributed by atoms with van der Waals surface area (Å²) in [6.07, 6.45) is 6.22. The molecular formula is C25H24N8O2. The van der Waals surface area contributed by atoms with Crippen molar-refractivity contribution >= 4 is 34.5 Å². The number of fused-ring (bicyclic) bond motifs is 3. The number of hydrogen-bond donors (Lipinski definition) is 2. The van der Waals surface area contributed by atoms with Crippen molar-refractivity contribution in [3.8, 4) is 0 Å². The number of anilines is 2. The maximum atomic E-state index is 14.0. The zero-order chi connectivity index (χ0) is 24.0. The van der Waals surface area contributed by atoms with Gasteiger partial charge < -0.3 is 15.2 Å². The number of nitrogens with zero attached hydrogens (tertiary/aromatic N) is 6. The van der Waals surface area contributed by atoms with Gasteiger partial charge in [0.2, 0.25) is 11.7 Å². The number of aromatic nitrogens is 5. The summed E-state index contributed by atoms with van der Waals surface area (Å²) < 4.78 is 1.63. The van der Waals surface area contributed by atoms with Crippen molar-refractivity contribution in [3.05, 3.63) is 72.1 Å². The maximum Gasteiger partial charge on any atom is 0.287 e. The molecule has 0 atom stereocenters. The van der Waals surface area contributed by atoms with E-state index in [0.29, 0.717) is 23.5 Å². The molecule has 10 heteroatoms. The largest absolute Gasteiger partial charge is 0.345 e. The van der Waals surface area contributed by atoms with Crippen LogP contribution in [0.25, 0.3) is 11.2 Å². The third kappa shape index (κ3) is 3.28. The fourth-order valence-electron chi connectivity index (χ4n) is 5.17. The Morgan fingerprint density at radius 1 is 1.11 bits per heavy atom. The highest BCUT2D eigenvalue weighted by Gasteiger charge is 2.52. The van der Waals surface area contributed by atoms with Crippen molar-refractivity contribution in [3.63, 3.8) is 0 Å². The quantitative estimate of drug-likeness (QED) is 0.470. The number of hydrogen-bond acceptors (Lipinski definition) is 7. The summed E-state index contributed by atoms with van der Waals surface area (Å²) >= 11 is 0. The van der Waals surface area contributed by atoms with E-state index in [1.54, 1.807) is 28.9 Å². The topological polar surface area (TPSA) is 118 Å². The first-order valence-electron chi connectivity index (χ1n) is 11.6. The van der Waals surface area contributed by atoms with E-state index in [-0.39, 0.29) is 17.6 Å². The number of carbonyl (C=O) groups excluding carboxylic acids is 2. The Bertz CT molecular complexity index is 1440. The third-order valence-corrected chi connectivity index (χ3v) is 6.98. The molecule has 1 spiro atoms. The predicted octanol–water partition coefficient (Wildman–Crippen LogP) is 1.99. The normalized spacial score (nSPS) is 16.6. The van der Waals surface area contributed by atoms with Gasteiger partial charge in [-0.3, -0.25) is 19.5 Å². The van der Waals surface area contributed by atoms with E-state index in [2.05, 4.69) is 30.6 Å². The van der Waals surface area contributed by atoms with Crippen LogP contribution < -0.4 is 15.5 Å². The summed E-state index contributed by atoms with van der Waals surface area (Å²) in [5.74, 6) is 0.254. The number of carbonyl (C=O) groups is 2. The van der Waals surface area contributed by atoms with Crippen LogP contribution in [0.2, 0.25) is 0 Å². The predicted molar refractivity (Wildman–Crippen MR) is 129 cm³/mol. The maximum absolute atomic E-state index is 14.0. The molecule has 4 aromatic rings. The van der Waals surface area contributed by atoms with Crippen molar-refractivity contribution in [2.45, 2.75) is 24.8 Å². The van der Waals surface area contributed by atoms with Crippen LogP contribution in [-0.4, -0.2) is 49.4 Å². The standard InChI is InChI=1S/C25H24N8O2/c1-32-20-19(31-22(32)23(34)28-14-16-6-10-26-11-7-16)21(30-15-29-20)33-18-5-3-2-4-17(18)25(24(33)35)8-12-27-13-9-25/h2-7,10-11,15,27H,8-9,12-14H2,1H3,(H,28,34). The lowest BCUT2D eigenvalue weighted by Gasteiger charge is -2.32. The van der Waals surface area contributed by atoms with Gasteiger partial charge in [-0.25, -0.2) is 15.0 Å². The van der Waals surface area contributed by atoms with Crippen LogP contribution in [0.15, 0.2) is 55.1 Å². The van der Waals surface area contributed by atoms with Crippen LogP contribution in [0.4, 0.5) is 11.5 Å².